The van der Waals surface area contributed by atoms with E-state index in [9.17, 15) is 24.3 Å². The summed E-state index contributed by atoms with van der Waals surface area (Å²) in [5.41, 5.74) is -3.83. The minimum atomic E-state index is -1.60. The highest BCUT2D eigenvalue weighted by atomic mass is 16.8. The first-order chi connectivity index (χ1) is 28.9. The van der Waals surface area contributed by atoms with E-state index < -0.39 is 102 Å². The number of hydrogen-bond donors (Lipinski definition) is 1. The Hall–Kier alpha value is -2.48. The van der Waals surface area contributed by atoms with Crippen LogP contribution >= 0.6 is 0 Å². The van der Waals surface area contributed by atoms with Gasteiger partial charge in [-0.25, -0.2) is 4.79 Å². The Balaban J connectivity index is 1.84. The predicted octanol–water partition coefficient (Wildman–Crippen LogP) is 4.66. The van der Waals surface area contributed by atoms with Gasteiger partial charge in [0.2, 0.25) is 0 Å². The number of cyclic esters (lactones) is 1. The van der Waals surface area contributed by atoms with Crippen molar-refractivity contribution in [2.45, 2.75) is 205 Å². The number of methoxy groups -OCH3 is 1. The number of unbranched alkanes of at least 4 members (excludes halogenated alkanes) is 1. The van der Waals surface area contributed by atoms with Gasteiger partial charge in [0.05, 0.1) is 47.6 Å². The van der Waals surface area contributed by atoms with Crippen LogP contribution in [0.2, 0.25) is 0 Å². The molecule has 0 aromatic carbocycles. The van der Waals surface area contributed by atoms with Crippen molar-refractivity contribution in [3.63, 3.8) is 0 Å². The lowest BCUT2D eigenvalue weighted by Crippen LogP contribution is -2.61. The van der Waals surface area contributed by atoms with Crippen LogP contribution in [0.5, 0.6) is 0 Å². The molecule has 4 saturated heterocycles. The smallest absolute Gasteiger partial charge is 0.458 e. The van der Waals surface area contributed by atoms with E-state index in [1.165, 1.54) is 6.92 Å². The Morgan fingerprint density at radius 3 is 2.26 bits per heavy atom. The highest BCUT2D eigenvalue weighted by Crippen LogP contribution is 2.42. The van der Waals surface area contributed by atoms with Crippen molar-refractivity contribution in [3.8, 4) is 0 Å². The Morgan fingerprint density at radius 2 is 1.66 bits per heavy atom. The minimum absolute atomic E-state index is 0.153. The van der Waals surface area contributed by atoms with E-state index >= 15 is 0 Å². The van der Waals surface area contributed by atoms with Crippen molar-refractivity contribution in [2.24, 2.45) is 17.8 Å². The zero-order valence-corrected chi connectivity index (χ0v) is 40.0. The Morgan fingerprint density at radius 1 is 0.984 bits per heavy atom. The summed E-state index contributed by atoms with van der Waals surface area (Å²) in [6.45, 7) is 20.6. The van der Waals surface area contributed by atoms with Gasteiger partial charge in [0.25, 0.3) is 0 Å². The number of esters is 2. The summed E-state index contributed by atoms with van der Waals surface area (Å²) < 4.78 is 63.2. The molecule has 4 rings (SSSR count). The third-order valence-electron chi connectivity index (χ3n) is 13.7. The average Bonchev–Trinajstić information content (AvgIpc) is 3.50. The molecule has 0 aromatic rings. The molecule has 4 aliphatic rings. The Bertz CT molecular complexity index is 1500. The molecule has 17 nitrogen and oxygen atoms in total. The summed E-state index contributed by atoms with van der Waals surface area (Å²) in [6, 6.07) is -0.648. The predicted molar refractivity (Wildman–Crippen MR) is 226 cm³/mol. The first-order valence-corrected chi connectivity index (χ1v) is 22.5. The number of nitrogens with zero attached hydrogens (tertiary/aromatic N) is 2. The molecular weight excluding hydrogens is 808 g/mol. The topological polar surface area (TPSA) is 187 Å². The molecule has 0 spiro atoms. The van der Waals surface area contributed by atoms with Crippen LogP contribution in [-0.4, -0.2) is 171 Å². The molecule has 0 aliphatic carbocycles. The molecule has 0 aromatic heterocycles. The zero-order valence-electron chi connectivity index (χ0n) is 40.0. The lowest BCUT2D eigenvalue weighted by molar-refractivity contribution is -0.321. The van der Waals surface area contributed by atoms with Crippen LogP contribution in [0.15, 0.2) is 0 Å². The maximum absolute atomic E-state index is 14.7. The molecule has 0 unspecified atom stereocenters. The van der Waals surface area contributed by atoms with Crippen LogP contribution in [0.1, 0.15) is 115 Å². The molecule has 358 valence electrons. The fourth-order valence-electron chi connectivity index (χ4n) is 10.3. The van der Waals surface area contributed by atoms with Crippen molar-refractivity contribution in [1.82, 2.24) is 9.80 Å². The molecule has 4 fully saturated rings. The lowest BCUT2D eigenvalue weighted by Gasteiger charge is -2.49. The van der Waals surface area contributed by atoms with Crippen LogP contribution in [-0.2, 0) is 61.8 Å². The molecule has 62 heavy (non-hydrogen) atoms. The van der Waals surface area contributed by atoms with Gasteiger partial charge in [0.1, 0.15) is 18.5 Å². The maximum atomic E-state index is 14.7. The van der Waals surface area contributed by atoms with Crippen LogP contribution in [0.25, 0.3) is 0 Å². The van der Waals surface area contributed by atoms with Crippen molar-refractivity contribution < 1.29 is 71.7 Å². The molecule has 4 aliphatic heterocycles. The van der Waals surface area contributed by atoms with Crippen LogP contribution in [0.4, 0.5) is 4.79 Å². The van der Waals surface area contributed by atoms with Crippen molar-refractivity contribution in [1.29, 1.82) is 0 Å². The second kappa shape index (κ2) is 21.7. The monoisotopic (exact) mass is 887 g/mol. The van der Waals surface area contributed by atoms with E-state index in [-0.39, 0.29) is 36.9 Å². The van der Waals surface area contributed by atoms with Crippen LogP contribution in [0.3, 0.4) is 0 Å². The third-order valence-corrected chi connectivity index (χ3v) is 13.7. The molecular formula is C45H78N2O15. The van der Waals surface area contributed by atoms with Crippen molar-refractivity contribution in [2.75, 3.05) is 41.4 Å². The quantitative estimate of drug-likeness (QED) is 0.116. The number of likely N-dealkylation sites (N-methyl/N-ethyl adjacent to an activating group) is 2. The number of rotatable bonds is 13. The van der Waals surface area contributed by atoms with Gasteiger partial charge in [0.15, 0.2) is 30.4 Å². The molecule has 0 saturated carbocycles. The largest absolute Gasteiger partial charge is 0.509 e. The molecule has 0 radical (unpaired) electrons. The van der Waals surface area contributed by atoms with Gasteiger partial charge < -0.3 is 62.2 Å². The third kappa shape index (κ3) is 12.0. The van der Waals surface area contributed by atoms with Gasteiger partial charge in [-0.2, -0.15) is 0 Å². The number of carbonyl (C=O) groups is 4. The lowest BCUT2D eigenvalue weighted by atomic mass is 9.77. The first kappa shape index (κ1) is 52.1. The fourth-order valence-corrected chi connectivity index (χ4v) is 10.3. The first-order valence-electron chi connectivity index (χ1n) is 22.5. The van der Waals surface area contributed by atoms with Crippen molar-refractivity contribution in [3.05, 3.63) is 0 Å². The van der Waals surface area contributed by atoms with Crippen LogP contribution in [0, 0.1) is 17.8 Å². The summed E-state index contributed by atoms with van der Waals surface area (Å²) in [7, 11) is 7.31. The standard InChI is InChI=1S/C45H78N2O15/c1-16-33-45(11)38(61-42(51)62-45)29(6)47(14)24-25(2)22-43(9,52)37(60-41-36(57-31(8)49)32(46(12)13)21-26(3)55-41)27(4)35(28(5)40(50)58-33)59-34-23-44(10,53-15)39(30(7)56-34)54-20-18-17-19-48/h19,25-30,32-39,41,52H,16-18,20-24H2,1-15H3/t25-,26-,27+,28-,29-,30+,32+,33-,34+,35+,36-,37-,38-,39+,41+,43-,44-,45-/m1/s1. The highest BCUT2D eigenvalue weighted by molar-refractivity contribution is 5.73. The number of fused-ring (bicyclic) bond motifs is 1. The van der Waals surface area contributed by atoms with Crippen LogP contribution < -0.4 is 0 Å². The second-order valence-electron chi connectivity index (χ2n) is 19.3. The number of aliphatic hydroxyl groups is 1. The number of carbonyl (C=O) groups excluding carboxylic acids is 4. The van der Waals surface area contributed by atoms with Gasteiger partial charge in [-0.05, 0) is 101 Å². The Kier molecular flexibility index (Phi) is 18.2. The maximum Gasteiger partial charge on any atom is 0.509 e. The number of hydrogen-bond acceptors (Lipinski definition) is 17. The van der Waals surface area contributed by atoms with E-state index in [2.05, 4.69) is 0 Å². The second-order valence-corrected chi connectivity index (χ2v) is 19.3. The zero-order chi connectivity index (χ0) is 46.5. The minimum Gasteiger partial charge on any atom is -0.458 e. The molecule has 1 N–H and O–H groups in total. The van der Waals surface area contributed by atoms with E-state index in [4.69, 9.17) is 47.4 Å². The van der Waals surface area contributed by atoms with Gasteiger partial charge in [-0.1, -0.05) is 20.8 Å². The molecule has 0 amide bonds. The van der Waals surface area contributed by atoms with Gasteiger partial charge >= 0.3 is 18.1 Å². The Labute approximate surface area is 369 Å². The average molecular weight is 887 g/mol. The molecule has 18 atom stereocenters. The van der Waals surface area contributed by atoms with E-state index in [1.807, 2.05) is 79.4 Å². The normalized spacial score (nSPS) is 44.0. The van der Waals surface area contributed by atoms with E-state index in [0.717, 1.165) is 6.29 Å². The van der Waals surface area contributed by atoms with Gasteiger partial charge in [0, 0.05) is 52.0 Å². The summed E-state index contributed by atoms with van der Waals surface area (Å²) in [4.78, 5) is 55.2. The molecule has 0 bridgehead atoms. The molecule has 4 heterocycles. The summed E-state index contributed by atoms with van der Waals surface area (Å²) in [5, 5.41) is 12.9. The highest BCUT2D eigenvalue weighted by Gasteiger charge is 2.58. The van der Waals surface area contributed by atoms with Gasteiger partial charge in [-0.3, -0.25) is 14.5 Å². The number of aldehydes is 1. The summed E-state index contributed by atoms with van der Waals surface area (Å²) >= 11 is 0. The van der Waals surface area contributed by atoms with E-state index in [1.54, 1.807) is 27.9 Å². The summed E-state index contributed by atoms with van der Waals surface area (Å²) in [5.74, 6) is -3.09. The van der Waals surface area contributed by atoms with E-state index in [0.29, 0.717) is 38.8 Å². The number of ether oxygens (including phenoxy) is 10. The molecule has 17 heteroatoms. The fraction of sp³-hybridized carbons (Fsp3) is 0.911. The SMILES string of the molecule is CC[C@H]1OC(=O)[C@H](C)[C@@H](O[C@H]2C[C@@](C)(OC)[C@@H](OCCCC=O)[C@H](C)O2)[C@H](C)[C@@H](O[C@@H]2O[C@H](C)C[C@H](N(C)C)[C@H]2OC(C)=O)[C@](C)(O)C[C@@H](C)CN(C)[C@H](C)[C@H]2OC(=O)O[C@@]21C. The summed E-state index contributed by atoms with van der Waals surface area (Å²) in [6.07, 6.45) is -5.82. The van der Waals surface area contributed by atoms with Crippen molar-refractivity contribution >= 4 is 24.4 Å². The van der Waals surface area contributed by atoms with Gasteiger partial charge in [-0.15, -0.1) is 0 Å².